The molecule has 1 aliphatic rings. The maximum atomic E-state index is 11.8. The Bertz CT molecular complexity index is 273. The van der Waals surface area contributed by atoms with Gasteiger partial charge in [0.25, 0.3) is 0 Å². The standard InChI is InChI=1S/C10H20ClNO2S/c1-2-5-9(11)8-12-15(13,14)10-6-3-4-7-10/h9-10,12H,2-8H2,1H3. The van der Waals surface area contributed by atoms with Crippen LogP contribution in [-0.4, -0.2) is 25.6 Å². The van der Waals surface area contributed by atoms with Crippen LogP contribution in [0.15, 0.2) is 0 Å². The molecule has 1 unspecified atom stereocenters. The first-order valence-corrected chi connectivity index (χ1v) is 7.67. The molecule has 0 spiro atoms. The second kappa shape index (κ2) is 6.06. The number of rotatable bonds is 6. The van der Waals surface area contributed by atoms with Crippen LogP contribution in [0, 0.1) is 0 Å². The van der Waals surface area contributed by atoms with Gasteiger partial charge in [0.1, 0.15) is 0 Å². The molecule has 0 saturated heterocycles. The highest BCUT2D eigenvalue weighted by Gasteiger charge is 2.28. The van der Waals surface area contributed by atoms with Crippen molar-refractivity contribution in [2.24, 2.45) is 0 Å². The van der Waals surface area contributed by atoms with Crippen LogP contribution in [0.2, 0.25) is 0 Å². The van der Waals surface area contributed by atoms with E-state index >= 15 is 0 Å². The molecule has 0 heterocycles. The first-order valence-electron chi connectivity index (χ1n) is 5.69. The molecule has 0 aromatic heterocycles. The lowest BCUT2D eigenvalue weighted by Gasteiger charge is -2.14. The van der Waals surface area contributed by atoms with Crippen molar-refractivity contribution in [2.45, 2.75) is 56.1 Å². The van der Waals surface area contributed by atoms with Crippen molar-refractivity contribution >= 4 is 21.6 Å². The summed E-state index contributed by atoms with van der Waals surface area (Å²) in [6.07, 6.45) is 5.51. The summed E-state index contributed by atoms with van der Waals surface area (Å²) < 4.78 is 26.2. The second-order valence-corrected chi connectivity index (χ2v) is 6.85. The molecule has 1 rings (SSSR count). The van der Waals surface area contributed by atoms with Gasteiger partial charge in [-0.05, 0) is 19.3 Å². The molecule has 5 heteroatoms. The first-order chi connectivity index (χ1) is 7.06. The van der Waals surface area contributed by atoms with Gasteiger partial charge in [0.05, 0.1) is 5.25 Å². The Morgan fingerprint density at radius 3 is 2.53 bits per heavy atom. The van der Waals surface area contributed by atoms with E-state index in [9.17, 15) is 8.42 Å². The lowest BCUT2D eigenvalue weighted by Crippen LogP contribution is -2.36. The molecule has 0 aromatic rings. The van der Waals surface area contributed by atoms with Crippen LogP contribution in [0.5, 0.6) is 0 Å². The van der Waals surface area contributed by atoms with Gasteiger partial charge in [-0.25, -0.2) is 13.1 Å². The van der Waals surface area contributed by atoms with E-state index in [1.807, 2.05) is 6.92 Å². The molecule has 0 amide bonds. The average Bonchev–Trinajstić information content (AvgIpc) is 2.69. The highest BCUT2D eigenvalue weighted by Crippen LogP contribution is 2.23. The lowest BCUT2D eigenvalue weighted by atomic mass is 10.2. The Hall–Kier alpha value is 0.200. The van der Waals surface area contributed by atoms with Crippen molar-refractivity contribution in [1.29, 1.82) is 0 Å². The zero-order valence-corrected chi connectivity index (χ0v) is 10.8. The molecule has 0 aromatic carbocycles. The van der Waals surface area contributed by atoms with Crippen LogP contribution in [0.3, 0.4) is 0 Å². The number of sulfonamides is 1. The smallest absolute Gasteiger partial charge is 0.214 e. The monoisotopic (exact) mass is 253 g/mol. The molecule has 1 atom stereocenters. The van der Waals surface area contributed by atoms with E-state index in [1.54, 1.807) is 0 Å². The maximum Gasteiger partial charge on any atom is 0.214 e. The zero-order chi connectivity index (χ0) is 11.3. The number of hydrogen-bond acceptors (Lipinski definition) is 2. The minimum atomic E-state index is -3.11. The molecular formula is C10H20ClNO2S. The summed E-state index contributed by atoms with van der Waals surface area (Å²) in [7, 11) is -3.11. The van der Waals surface area contributed by atoms with Crippen LogP contribution in [0.25, 0.3) is 0 Å². The number of hydrogen-bond donors (Lipinski definition) is 1. The summed E-state index contributed by atoms with van der Waals surface area (Å²) in [5.41, 5.74) is 0. The third kappa shape index (κ3) is 4.29. The van der Waals surface area contributed by atoms with E-state index in [-0.39, 0.29) is 10.6 Å². The lowest BCUT2D eigenvalue weighted by molar-refractivity contribution is 0.560. The Labute approximate surface area is 97.6 Å². The van der Waals surface area contributed by atoms with Crippen molar-refractivity contribution in [1.82, 2.24) is 4.72 Å². The van der Waals surface area contributed by atoms with Crippen molar-refractivity contribution in [3.63, 3.8) is 0 Å². The average molecular weight is 254 g/mol. The third-order valence-corrected chi connectivity index (χ3v) is 5.14. The quantitative estimate of drug-likeness (QED) is 0.738. The van der Waals surface area contributed by atoms with E-state index in [0.717, 1.165) is 38.5 Å². The predicted molar refractivity (Wildman–Crippen MR) is 63.7 cm³/mol. The van der Waals surface area contributed by atoms with Gasteiger partial charge >= 0.3 is 0 Å². The summed E-state index contributed by atoms with van der Waals surface area (Å²) >= 11 is 5.97. The van der Waals surface area contributed by atoms with Gasteiger partial charge in [-0.2, -0.15) is 0 Å². The molecule has 0 bridgehead atoms. The van der Waals surface area contributed by atoms with Crippen molar-refractivity contribution < 1.29 is 8.42 Å². The van der Waals surface area contributed by atoms with Crippen LogP contribution >= 0.6 is 11.6 Å². The third-order valence-electron chi connectivity index (χ3n) is 2.85. The fourth-order valence-electron chi connectivity index (χ4n) is 1.94. The Balaban J connectivity index is 2.35. The topological polar surface area (TPSA) is 46.2 Å². The van der Waals surface area contributed by atoms with Crippen LogP contribution in [-0.2, 0) is 10.0 Å². The number of alkyl halides is 1. The van der Waals surface area contributed by atoms with E-state index < -0.39 is 10.0 Å². The number of halogens is 1. The Morgan fingerprint density at radius 1 is 1.40 bits per heavy atom. The van der Waals surface area contributed by atoms with Crippen LogP contribution < -0.4 is 4.72 Å². The molecule has 0 aliphatic heterocycles. The molecule has 90 valence electrons. The molecule has 0 radical (unpaired) electrons. The summed E-state index contributed by atoms with van der Waals surface area (Å²) in [6, 6.07) is 0. The molecule has 1 saturated carbocycles. The number of nitrogens with one attached hydrogen (secondary N) is 1. The maximum absolute atomic E-state index is 11.8. The zero-order valence-electron chi connectivity index (χ0n) is 9.21. The highest BCUT2D eigenvalue weighted by molar-refractivity contribution is 7.90. The van der Waals surface area contributed by atoms with Crippen molar-refractivity contribution in [3.8, 4) is 0 Å². The summed E-state index contributed by atoms with van der Waals surface area (Å²) in [6.45, 7) is 2.41. The SMILES string of the molecule is CCCC(Cl)CNS(=O)(=O)C1CCCC1. The molecule has 1 fully saturated rings. The fourth-order valence-corrected chi connectivity index (χ4v) is 3.95. The van der Waals surface area contributed by atoms with Gasteiger partial charge in [0.15, 0.2) is 0 Å². The minimum absolute atomic E-state index is 0.0776. The van der Waals surface area contributed by atoms with Crippen molar-refractivity contribution in [3.05, 3.63) is 0 Å². The molecular weight excluding hydrogens is 234 g/mol. The molecule has 3 nitrogen and oxygen atoms in total. The van der Waals surface area contributed by atoms with Gasteiger partial charge < -0.3 is 0 Å². The van der Waals surface area contributed by atoms with Gasteiger partial charge in [-0.3, -0.25) is 0 Å². The van der Waals surface area contributed by atoms with Crippen molar-refractivity contribution in [2.75, 3.05) is 6.54 Å². The minimum Gasteiger partial charge on any atom is -0.214 e. The normalized spacial score (nSPS) is 20.7. The van der Waals surface area contributed by atoms with Gasteiger partial charge in [0, 0.05) is 11.9 Å². The second-order valence-electron chi connectivity index (χ2n) is 4.19. The Kier molecular flexibility index (Phi) is 5.36. The molecule has 15 heavy (non-hydrogen) atoms. The molecule has 1 N–H and O–H groups in total. The summed E-state index contributed by atoms with van der Waals surface area (Å²) in [4.78, 5) is 0. The van der Waals surface area contributed by atoms with E-state index in [0.29, 0.717) is 6.54 Å². The van der Waals surface area contributed by atoms with Gasteiger partial charge in [-0.15, -0.1) is 11.6 Å². The first kappa shape index (κ1) is 13.3. The Morgan fingerprint density at radius 2 is 2.00 bits per heavy atom. The van der Waals surface area contributed by atoms with E-state index in [2.05, 4.69) is 4.72 Å². The van der Waals surface area contributed by atoms with Gasteiger partial charge in [0.2, 0.25) is 10.0 Å². The fraction of sp³-hybridized carbons (Fsp3) is 1.00. The highest BCUT2D eigenvalue weighted by atomic mass is 35.5. The summed E-state index contributed by atoms with van der Waals surface area (Å²) in [5.74, 6) is 0. The summed E-state index contributed by atoms with van der Waals surface area (Å²) in [5, 5.41) is -0.255. The molecule has 1 aliphatic carbocycles. The van der Waals surface area contributed by atoms with Gasteiger partial charge in [-0.1, -0.05) is 26.2 Å². The van der Waals surface area contributed by atoms with Crippen LogP contribution in [0.4, 0.5) is 0 Å². The predicted octanol–water partition coefficient (Wildman–Crippen LogP) is 2.26. The van der Waals surface area contributed by atoms with E-state index in [4.69, 9.17) is 11.6 Å². The largest absolute Gasteiger partial charge is 0.214 e. The van der Waals surface area contributed by atoms with E-state index in [1.165, 1.54) is 0 Å². The van der Waals surface area contributed by atoms with Crippen LogP contribution in [0.1, 0.15) is 45.4 Å².